The van der Waals surface area contributed by atoms with Crippen LogP contribution in [0.4, 0.5) is 0 Å². The summed E-state index contributed by atoms with van der Waals surface area (Å²) in [6.45, 7) is 0. The molecule has 0 N–H and O–H groups in total. The molecule has 0 saturated heterocycles. The lowest BCUT2D eigenvalue weighted by Crippen LogP contribution is -1.67. The van der Waals surface area contributed by atoms with Crippen molar-refractivity contribution in [2.45, 2.75) is 0 Å². The highest BCUT2D eigenvalue weighted by atomic mass is 14.2. The Bertz CT molecular complexity index is 267. The van der Waals surface area contributed by atoms with E-state index in [1.807, 2.05) is 36.4 Å². The highest BCUT2D eigenvalue weighted by molar-refractivity contribution is 5.50. The minimum absolute atomic E-state index is 1.08. The van der Waals surface area contributed by atoms with Gasteiger partial charge < -0.3 is 0 Å². The highest BCUT2D eigenvalue weighted by Crippen LogP contribution is 2.00. The Balaban J connectivity index is 2.59. The molecule has 1 aromatic rings. The highest BCUT2D eigenvalue weighted by Gasteiger charge is 1.80. The van der Waals surface area contributed by atoms with E-state index in [0.29, 0.717) is 0 Å². The fourth-order valence-electron chi connectivity index (χ4n) is 0.739. The summed E-state index contributed by atoms with van der Waals surface area (Å²) in [7, 11) is 0. The third-order valence-electron chi connectivity index (χ3n) is 1.22. The van der Waals surface area contributed by atoms with Gasteiger partial charge in [-0.1, -0.05) is 42.5 Å². The molecule has 0 amide bonds. The van der Waals surface area contributed by atoms with Gasteiger partial charge in [-0.05, 0) is 5.56 Å². The summed E-state index contributed by atoms with van der Waals surface area (Å²) in [5, 5.41) is 8.13. The first-order chi connectivity index (χ1) is 5.43. The second-order valence-corrected chi connectivity index (χ2v) is 2.00. The van der Waals surface area contributed by atoms with Gasteiger partial charge in [0.2, 0.25) is 0 Å². The molecule has 52 valence electrons. The number of benzene rings is 1. The van der Waals surface area contributed by atoms with Crippen molar-refractivity contribution in [2.24, 2.45) is 0 Å². The molecule has 0 unspecified atom stereocenters. The summed E-state index contributed by atoms with van der Waals surface area (Å²) in [5.74, 6) is 0. The van der Waals surface area contributed by atoms with Crippen molar-refractivity contribution in [1.82, 2.24) is 0 Å². The van der Waals surface area contributed by atoms with Crippen molar-refractivity contribution in [3.05, 3.63) is 48.4 Å². The number of allylic oxidation sites excluding steroid dienone is 1. The fourth-order valence-corrected chi connectivity index (χ4v) is 0.739. The second kappa shape index (κ2) is 4.29. The van der Waals surface area contributed by atoms with Gasteiger partial charge in [0.05, 0.1) is 6.07 Å². The number of nitriles is 1. The number of nitrogens with zero attached hydrogens (tertiary/aromatic N) is 1. The quantitative estimate of drug-likeness (QED) is 0.620. The number of rotatable bonds is 2. The molecule has 1 rings (SSSR count). The van der Waals surface area contributed by atoms with E-state index in [0.717, 1.165) is 5.56 Å². The standard InChI is InChI=1S/C10H7N/c11-9-5-4-8-10-6-2-1-3-7-10/h1-4,6-8H. The van der Waals surface area contributed by atoms with E-state index in [1.165, 1.54) is 0 Å². The van der Waals surface area contributed by atoms with E-state index in [1.54, 1.807) is 12.1 Å². The maximum absolute atomic E-state index is 8.13. The van der Waals surface area contributed by atoms with Crippen molar-refractivity contribution >= 4 is 6.08 Å². The van der Waals surface area contributed by atoms with E-state index in [-0.39, 0.29) is 0 Å². The Hall–Kier alpha value is -1.55. The van der Waals surface area contributed by atoms with Crippen molar-refractivity contribution < 1.29 is 0 Å². The molecule has 0 aliphatic carbocycles. The van der Waals surface area contributed by atoms with Gasteiger partial charge in [-0.25, -0.2) is 0 Å². The van der Waals surface area contributed by atoms with Crippen LogP contribution in [-0.2, 0) is 0 Å². The van der Waals surface area contributed by atoms with Crippen LogP contribution in [0.25, 0.3) is 6.08 Å². The van der Waals surface area contributed by atoms with Crippen LogP contribution in [0.15, 0.2) is 36.4 Å². The zero-order valence-electron chi connectivity index (χ0n) is 5.99. The zero-order valence-corrected chi connectivity index (χ0v) is 5.99. The van der Waals surface area contributed by atoms with Gasteiger partial charge in [-0.15, -0.1) is 0 Å². The van der Waals surface area contributed by atoms with Crippen LogP contribution in [0.1, 0.15) is 5.56 Å². The lowest BCUT2D eigenvalue weighted by molar-refractivity contribution is 1.51. The molecule has 1 nitrogen and oxygen atoms in total. The predicted molar refractivity (Wildman–Crippen MR) is 44.3 cm³/mol. The van der Waals surface area contributed by atoms with Gasteiger partial charge >= 0.3 is 0 Å². The average molecular weight is 141 g/mol. The molecule has 11 heavy (non-hydrogen) atoms. The third-order valence-corrected chi connectivity index (χ3v) is 1.22. The molecule has 0 aromatic heterocycles. The Labute approximate surface area is 66.6 Å². The van der Waals surface area contributed by atoms with Gasteiger partial charge in [-0.3, -0.25) is 0 Å². The number of hydrogen-bond donors (Lipinski definition) is 0. The maximum atomic E-state index is 8.13. The first-order valence-corrected chi connectivity index (χ1v) is 3.29. The van der Waals surface area contributed by atoms with Crippen LogP contribution in [0.5, 0.6) is 0 Å². The molecule has 0 saturated carbocycles. The summed E-state index contributed by atoms with van der Waals surface area (Å²) in [6, 6.07) is 11.6. The lowest BCUT2D eigenvalue weighted by atomic mass is 10.2. The minimum Gasteiger partial charge on any atom is -0.197 e. The van der Waals surface area contributed by atoms with Crippen molar-refractivity contribution in [1.29, 1.82) is 5.26 Å². The van der Waals surface area contributed by atoms with Crippen LogP contribution < -0.4 is 0 Å². The normalized spacial score (nSPS) is 9.73. The Morgan fingerprint density at radius 1 is 1.18 bits per heavy atom. The minimum atomic E-state index is 1.08. The molecule has 1 aromatic carbocycles. The largest absolute Gasteiger partial charge is 0.197 e. The van der Waals surface area contributed by atoms with E-state index >= 15 is 0 Å². The molecular formula is C10H7N. The van der Waals surface area contributed by atoms with E-state index < -0.39 is 0 Å². The Morgan fingerprint density at radius 2 is 1.91 bits per heavy atom. The molecule has 0 aliphatic heterocycles. The molecule has 0 heterocycles. The average Bonchev–Trinajstić information content (AvgIpc) is 2.07. The smallest absolute Gasteiger partial charge is 0.124 e. The van der Waals surface area contributed by atoms with E-state index in [9.17, 15) is 0 Å². The Morgan fingerprint density at radius 3 is 2.55 bits per heavy atom. The topological polar surface area (TPSA) is 23.8 Å². The SMILES string of the molecule is N#C[C]C=Cc1ccccc1. The van der Waals surface area contributed by atoms with Gasteiger partial charge in [-0.2, -0.15) is 5.26 Å². The molecular weight excluding hydrogens is 134 g/mol. The summed E-state index contributed by atoms with van der Waals surface area (Å²) < 4.78 is 0. The van der Waals surface area contributed by atoms with Gasteiger partial charge in [0.25, 0.3) is 0 Å². The predicted octanol–water partition coefficient (Wildman–Crippen LogP) is 2.30. The summed E-state index contributed by atoms with van der Waals surface area (Å²) in [5.41, 5.74) is 1.08. The van der Waals surface area contributed by atoms with E-state index in [2.05, 4.69) is 6.42 Å². The van der Waals surface area contributed by atoms with Crippen molar-refractivity contribution in [2.75, 3.05) is 0 Å². The lowest BCUT2D eigenvalue weighted by Gasteiger charge is -1.87. The molecule has 0 bridgehead atoms. The first kappa shape index (κ1) is 7.56. The summed E-state index contributed by atoms with van der Waals surface area (Å²) in [4.78, 5) is 0. The molecule has 0 atom stereocenters. The summed E-state index contributed by atoms with van der Waals surface area (Å²) >= 11 is 0. The van der Waals surface area contributed by atoms with Crippen LogP contribution in [-0.4, -0.2) is 0 Å². The van der Waals surface area contributed by atoms with Gasteiger partial charge in [0.1, 0.15) is 6.42 Å². The fraction of sp³-hybridized carbons (Fsp3) is 0. The molecule has 0 spiro atoms. The molecule has 0 fully saturated rings. The van der Waals surface area contributed by atoms with Crippen molar-refractivity contribution in [3.8, 4) is 6.07 Å². The summed E-state index contributed by atoms with van der Waals surface area (Å²) in [6.07, 6.45) is 5.86. The van der Waals surface area contributed by atoms with E-state index in [4.69, 9.17) is 5.26 Å². The molecule has 2 radical (unpaired) electrons. The van der Waals surface area contributed by atoms with Crippen LogP contribution in [0, 0.1) is 17.8 Å². The number of hydrogen-bond acceptors (Lipinski definition) is 1. The second-order valence-electron chi connectivity index (χ2n) is 2.00. The third kappa shape index (κ3) is 2.68. The van der Waals surface area contributed by atoms with Crippen LogP contribution >= 0.6 is 0 Å². The zero-order chi connectivity index (χ0) is 7.94. The van der Waals surface area contributed by atoms with Crippen molar-refractivity contribution in [3.63, 3.8) is 0 Å². The van der Waals surface area contributed by atoms with Crippen LogP contribution in [0.2, 0.25) is 0 Å². The Kier molecular flexibility index (Phi) is 2.95. The molecule has 1 heteroatoms. The molecule has 0 aliphatic rings. The monoisotopic (exact) mass is 141 g/mol. The van der Waals surface area contributed by atoms with Crippen LogP contribution in [0.3, 0.4) is 0 Å². The first-order valence-electron chi connectivity index (χ1n) is 3.29. The maximum Gasteiger partial charge on any atom is 0.124 e. The van der Waals surface area contributed by atoms with Gasteiger partial charge in [0, 0.05) is 0 Å². The van der Waals surface area contributed by atoms with Gasteiger partial charge in [0.15, 0.2) is 0 Å².